The molecule has 3 aromatic rings. The smallest absolute Gasteiger partial charge is 0.217 e. The fourth-order valence-electron chi connectivity index (χ4n) is 2.93. The van der Waals surface area contributed by atoms with Gasteiger partial charge in [-0.25, -0.2) is 4.99 Å². The Balaban J connectivity index is 1.75. The number of ether oxygens (including phenoxy) is 1. The molecular weight excluding hydrogens is 282 g/mol. The van der Waals surface area contributed by atoms with E-state index in [1.54, 1.807) is 0 Å². The molecule has 1 aliphatic heterocycles. The van der Waals surface area contributed by atoms with E-state index in [0.29, 0.717) is 5.90 Å². The van der Waals surface area contributed by atoms with Crippen molar-refractivity contribution >= 4 is 5.90 Å². The van der Waals surface area contributed by atoms with E-state index in [1.807, 2.05) is 66.7 Å². The summed E-state index contributed by atoms with van der Waals surface area (Å²) >= 11 is 0. The Morgan fingerprint density at radius 3 is 1.74 bits per heavy atom. The molecule has 1 aliphatic rings. The molecule has 0 bridgehead atoms. The van der Waals surface area contributed by atoms with Gasteiger partial charge in [-0.15, -0.1) is 0 Å². The summed E-state index contributed by atoms with van der Waals surface area (Å²) in [7, 11) is 0. The molecule has 0 saturated carbocycles. The van der Waals surface area contributed by atoms with Crippen LogP contribution in [0.2, 0.25) is 0 Å². The molecule has 0 radical (unpaired) electrons. The molecule has 0 aromatic heterocycles. The number of nitrogens with zero attached hydrogens (tertiary/aromatic N) is 1. The van der Waals surface area contributed by atoms with Crippen molar-refractivity contribution in [3.05, 3.63) is 108 Å². The predicted molar refractivity (Wildman–Crippen MR) is 92.4 cm³/mol. The van der Waals surface area contributed by atoms with Gasteiger partial charge in [0, 0.05) is 5.56 Å². The van der Waals surface area contributed by atoms with E-state index in [2.05, 4.69) is 24.3 Å². The first-order valence-electron chi connectivity index (χ1n) is 7.81. The number of hydrogen-bond donors (Lipinski definition) is 0. The number of aliphatic imine (C=N–C) groups is 1. The second kappa shape index (κ2) is 6.09. The summed E-state index contributed by atoms with van der Waals surface area (Å²) < 4.78 is 6.25. The molecular formula is C21H17NO. The van der Waals surface area contributed by atoms with Crippen LogP contribution in [0.1, 0.15) is 28.8 Å². The highest BCUT2D eigenvalue weighted by Gasteiger charge is 2.33. The third-order valence-corrected chi connectivity index (χ3v) is 4.07. The van der Waals surface area contributed by atoms with E-state index in [-0.39, 0.29) is 12.1 Å². The van der Waals surface area contributed by atoms with E-state index >= 15 is 0 Å². The van der Waals surface area contributed by atoms with Crippen LogP contribution in [0.5, 0.6) is 0 Å². The normalized spacial score (nSPS) is 19.9. The first kappa shape index (κ1) is 13.8. The van der Waals surface area contributed by atoms with Gasteiger partial charge in [0.2, 0.25) is 5.90 Å². The zero-order valence-electron chi connectivity index (χ0n) is 12.7. The highest BCUT2D eigenvalue weighted by atomic mass is 16.5. The van der Waals surface area contributed by atoms with Crippen LogP contribution in [0, 0.1) is 0 Å². The molecule has 4 rings (SSSR count). The summed E-state index contributed by atoms with van der Waals surface area (Å²) in [5, 5.41) is 0. The second-order valence-corrected chi connectivity index (χ2v) is 5.60. The Morgan fingerprint density at radius 2 is 1.13 bits per heavy atom. The molecule has 0 fully saturated rings. The maximum atomic E-state index is 6.25. The second-order valence-electron chi connectivity index (χ2n) is 5.60. The zero-order chi connectivity index (χ0) is 15.5. The fraction of sp³-hybridized carbons (Fsp3) is 0.0952. The van der Waals surface area contributed by atoms with E-state index in [1.165, 1.54) is 5.56 Å². The summed E-state index contributed by atoms with van der Waals surface area (Å²) in [6.07, 6.45) is -0.0891. The third kappa shape index (κ3) is 2.76. The van der Waals surface area contributed by atoms with Crippen LogP contribution in [0.25, 0.3) is 0 Å². The maximum Gasteiger partial charge on any atom is 0.217 e. The average Bonchev–Trinajstić information content (AvgIpc) is 3.09. The van der Waals surface area contributed by atoms with Gasteiger partial charge < -0.3 is 4.74 Å². The van der Waals surface area contributed by atoms with Crippen LogP contribution >= 0.6 is 0 Å². The minimum Gasteiger partial charge on any atom is -0.467 e. The van der Waals surface area contributed by atoms with Gasteiger partial charge in [0.25, 0.3) is 0 Å². The van der Waals surface area contributed by atoms with Crippen LogP contribution in [0.3, 0.4) is 0 Å². The van der Waals surface area contributed by atoms with E-state index in [9.17, 15) is 0 Å². The van der Waals surface area contributed by atoms with Crippen LogP contribution < -0.4 is 0 Å². The lowest BCUT2D eigenvalue weighted by Gasteiger charge is -2.18. The Kier molecular flexibility index (Phi) is 3.65. The Labute approximate surface area is 136 Å². The van der Waals surface area contributed by atoms with E-state index in [0.717, 1.165) is 11.1 Å². The van der Waals surface area contributed by atoms with Crippen LogP contribution in [-0.2, 0) is 4.74 Å². The van der Waals surface area contributed by atoms with E-state index in [4.69, 9.17) is 9.73 Å². The molecule has 1 heterocycles. The van der Waals surface area contributed by atoms with Crippen LogP contribution in [0.15, 0.2) is 96.0 Å². The van der Waals surface area contributed by atoms with Crippen molar-refractivity contribution in [2.75, 3.05) is 0 Å². The van der Waals surface area contributed by atoms with Crippen molar-refractivity contribution in [2.24, 2.45) is 4.99 Å². The van der Waals surface area contributed by atoms with Gasteiger partial charge in [0.1, 0.15) is 6.04 Å². The van der Waals surface area contributed by atoms with Crippen molar-refractivity contribution in [3.63, 3.8) is 0 Å². The Morgan fingerprint density at radius 1 is 0.609 bits per heavy atom. The third-order valence-electron chi connectivity index (χ3n) is 4.07. The van der Waals surface area contributed by atoms with Crippen molar-refractivity contribution in [3.8, 4) is 0 Å². The van der Waals surface area contributed by atoms with Crippen LogP contribution in [0.4, 0.5) is 0 Å². The number of benzene rings is 3. The summed E-state index contributed by atoms with van der Waals surface area (Å²) in [4.78, 5) is 4.88. The van der Waals surface area contributed by atoms with Crippen molar-refractivity contribution in [2.45, 2.75) is 12.1 Å². The largest absolute Gasteiger partial charge is 0.467 e. The highest BCUT2D eigenvalue weighted by molar-refractivity contribution is 5.95. The van der Waals surface area contributed by atoms with Gasteiger partial charge in [0.05, 0.1) is 0 Å². The molecule has 3 aromatic carbocycles. The zero-order valence-corrected chi connectivity index (χ0v) is 12.7. The lowest BCUT2D eigenvalue weighted by atomic mass is 9.97. The first-order valence-corrected chi connectivity index (χ1v) is 7.81. The Bertz CT molecular complexity index is 797. The lowest BCUT2D eigenvalue weighted by molar-refractivity contribution is 0.197. The molecule has 0 amide bonds. The molecule has 112 valence electrons. The summed E-state index contributed by atoms with van der Waals surface area (Å²) in [6, 6.07) is 30.7. The summed E-state index contributed by atoms with van der Waals surface area (Å²) in [6.45, 7) is 0. The van der Waals surface area contributed by atoms with Crippen molar-refractivity contribution in [1.82, 2.24) is 0 Å². The first-order chi connectivity index (χ1) is 11.4. The average molecular weight is 299 g/mol. The molecule has 2 unspecified atom stereocenters. The molecule has 0 aliphatic carbocycles. The standard InChI is InChI=1S/C21H17NO/c1-4-10-16(11-5-1)19-20(17-12-6-2-7-13-17)23-21(22-19)18-14-8-3-9-15-18/h1-15,19-20H. The molecule has 2 heteroatoms. The molecule has 2 nitrogen and oxygen atoms in total. The lowest BCUT2D eigenvalue weighted by Crippen LogP contribution is -2.09. The summed E-state index contributed by atoms with van der Waals surface area (Å²) in [5.74, 6) is 0.716. The molecule has 0 spiro atoms. The minimum atomic E-state index is -0.0891. The molecule has 23 heavy (non-hydrogen) atoms. The number of hydrogen-bond acceptors (Lipinski definition) is 2. The quantitative estimate of drug-likeness (QED) is 0.671. The fourth-order valence-corrected chi connectivity index (χ4v) is 2.93. The topological polar surface area (TPSA) is 21.6 Å². The van der Waals surface area contributed by atoms with Crippen molar-refractivity contribution < 1.29 is 4.74 Å². The Hall–Kier alpha value is -2.87. The minimum absolute atomic E-state index is 0.0196. The highest BCUT2D eigenvalue weighted by Crippen LogP contribution is 2.40. The van der Waals surface area contributed by atoms with Crippen molar-refractivity contribution in [1.29, 1.82) is 0 Å². The van der Waals surface area contributed by atoms with Gasteiger partial charge in [-0.3, -0.25) is 0 Å². The maximum absolute atomic E-state index is 6.25. The van der Waals surface area contributed by atoms with Crippen LogP contribution in [-0.4, -0.2) is 5.90 Å². The van der Waals surface area contributed by atoms with Gasteiger partial charge >= 0.3 is 0 Å². The van der Waals surface area contributed by atoms with E-state index < -0.39 is 0 Å². The van der Waals surface area contributed by atoms with Gasteiger partial charge in [-0.1, -0.05) is 78.9 Å². The SMILES string of the molecule is c1ccc(C2=NC(c3ccccc3)C(c3ccccc3)O2)cc1. The monoisotopic (exact) mass is 299 g/mol. The predicted octanol–water partition coefficient (Wildman–Crippen LogP) is 4.95. The number of rotatable bonds is 3. The van der Waals surface area contributed by atoms with Gasteiger partial charge in [0.15, 0.2) is 6.10 Å². The van der Waals surface area contributed by atoms with Gasteiger partial charge in [-0.05, 0) is 23.3 Å². The molecule has 0 saturated heterocycles. The van der Waals surface area contributed by atoms with Gasteiger partial charge in [-0.2, -0.15) is 0 Å². The summed E-state index contributed by atoms with van der Waals surface area (Å²) in [5.41, 5.74) is 3.34. The molecule has 0 N–H and O–H groups in total. The molecule has 2 atom stereocenters.